The van der Waals surface area contributed by atoms with Gasteiger partial charge in [-0.3, -0.25) is 0 Å². The van der Waals surface area contributed by atoms with Crippen molar-refractivity contribution in [1.29, 1.82) is 0 Å². The average Bonchev–Trinajstić information content (AvgIpc) is 2.90. The average molecular weight is 905 g/mol. The third-order valence-electron chi connectivity index (χ3n) is 7.58. The van der Waals surface area contributed by atoms with E-state index in [0.29, 0.717) is 0 Å². The summed E-state index contributed by atoms with van der Waals surface area (Å²) in [5, 5.41) is 0. The van der Waals surface area contributed by atoms with Crippen LogP contribution in [0.15, 0.2) is 0 Å². The first-order valence-electron chi connectivity index (χ1n) is 18.6. The van der Waals surface area contributed by atoms with Crippen LogP contribution in [0.4, 0.5) is 0 Å². The van der Waals surface area contributed by atoms with E-state index < -0.39 is 22.7 Å². The Morgan fingerprint density at radius 3 is 0.551 bits per heavy atom. The molecule has 0 amide bonds. The molecule has 0 fully saturated rings. The maximum atomic E-state index is 7.71. The van der Waals surface area contributed by atoms with Gasteiger partial charge in [-0.15, -0.1) is 0 Å². The van der Waals surface area contributed by atoms with Gasteiger partial charge in [-0.25, -0.2) is 0 Å². The molecule has 0 aromatic carbocycles. The number of hydrogen-bond donors (Lipinski definition) is 0. The number of rotatable bonds is 21. The summed E-state index contributed by atoms with van der Waals surface area (Å²) in [7, 11) is 0. The molecular weight excluding hydrogens is 824 g/mol. The van der Waals surface area contributed by atoms with Crippen molar-refractivity contribution in [2.24, 2.45) is 0 Å². The van der Waals surface area contributed by atoms with Crippen LogP contribution in [0.25, 0.3) is 0 Å². The molecule has 0 aromatic heterocycles. The molecule has 0 spiro atoms. The van der Waals surface area contributed by atoms with Gasteiger partial charge < -0.3 is 0 Å². The zero-order valence-electron chi connectivity index (χ0n) is 36.1. The Hall–Kier alpha value is 2.85. The van der Waals surface area contributed by atoms with Gasteiger partial charge >= 0.3 is 346 Å². The van der Waals surface area contributed by atoms with Crippen LogP contribution >= 0.6 is 70.6 Å². The van der Waals surface area contributed by atoms with Gasteiger partial charge in [-0.2, -0.15) is 0 Å². The summed E-state index contributed by atoms with van der Waals surface area (Å²) in [6.45, 7) is 48.9. The Bertz CT molecular complexity index is 747. The second kappa shape index (κ2) is 20.8. The van der Waals surface area contributed by atoms with Gasteiger partial charge in [0.15, 0.2) is 0 Å². The molecule has 0 heterocycles. The van der Waals surface area contributed by atoms with Crippen molar-refractivity contribution in [1.82, 2.24) is 0 Å². The standard InChI is InChI=1S/3C13H27OS2.In/c3*1-8-13(14,9-15-11(2,3)4)10-16-12(5,6)7;/h3*8-10H2,1-7H3;/q3*-1;+3. The summed E-state index contributed by atoms with van der Waals surface area (Å²) >= 11 is 8.40. The molecule has 0 saturated carbocycles. The van der Waals surface area contributed by atoms with E-state index in [-0.39, 0.29) is 45.3 Å². The van der Waals surface area contributed by atoms with Crippen molar-refractivity contribution in [3.8, 4) is 0 Å². The van der Waals surface area contributed by atoms with Gasteiger partial charge in [0.05, 0.1) is 0 Å². The minimum atomic E-state index is -3.76. The predicted molar refractivity (Wildman–Crippen MR) is 241 cm³/mol. The fourth-order valence-corrected chi connectivity index (χ4v) is 19.6. The molecule has 0 aromatic rings. The fraction of sp³-hybridized carbons (Fsp3) is 1.00. The molecule has 0 aliphatic carbocycles. The SMILES string of the molecule is CCC(CSC(C)(C)C)(CSC(C)(C)C)[O][In]([O]C(CC)(CSC(C)(C)C)CSC(C)(C)C)[O]C(CC)(CSC(C)(C)C)CSC(C)(C)C. The van der Waals surface area contributed by atoms with Gasteiger partial charge in [0.1, 0.15) is 0 Å². The van der Waals surface area contributed by atoms with E-state index in [4.69, 9.17) is 8.56 Å². The van der Waals surface area contributed by atoms with Crippen LogP contribution in [0, 0.1) is 0 Å². The summed E-state index contributed by atoms with van der Waals surface area (Å²) < 4.78 is 24.0. The molecule has 0 N–H and O–H groups in total. The van der Waals surface area contributed by atoms with Crippen LogP contribution in [0.5, 0.6) is 0 Å². The molecule has 0 atom stereocenters. The first-order chi connectivity index (χ1) is 21.7. The third kappa shape index (κ3) is 25.6. The van der Waals surface area contributed by atoms with Crippen LogP contribution in [0.1, 0.15) is 165 Å². The van der Waals surface area contributed by atoms with Gasteiger partial charge in [-0.1, -0.05) is 0 Å². The molecule has 0 saturated heterocycles. The molecule has 0 bridgehead atoms. The van der Waals surface area contributed by atoms with Crippen molar-refractivity contribution in [3.63, 3.8) is 0 Å². The van der Waals surface area contributed by atoms with Gasteiger partial charge in [0.25, 0.3) is 0 Å². The minimum absolute atomic E-state index is 0.142. The summed E-state index contributed by atoms with van der Waals surface area (Å²) in [5.41, 5.74) is -0.963. The zero-order chi connectivity index (χ0) is 38.8. The monoisotopic (exact) mass is 904 g/mol. The first-order valence-corrected chi connectivity index (χ1v) is 28.5. The molecule has 294 valence electrons. The van der Waals surface area contributed by atoms with Crippen molar-refractivity contribution in [2.75, 3.05) is 34.5 Å². The molecule has 0 rings (SSSR count). The second-order valence-electron chi connectivity index (χ2n) is 19.7. The van der Waals surface area contributed by atoms with E-state index in [9.17, 15) is 0 Å². The van der Waals surface area contributed by atoms with E-state index in [2.05, 4.69) is 145 Å². The van der Waals surface area contributed by atoms with Crippen molar-refractivity contribution in [3.05, 3.63) is 0 Å². The summed E-state index contributed by atoms with van der Waals surface area (Å²) in [5.74, 6) is 5.64. The number of hydrogen-bond acceptors (Lipinski definition) is 9. The Morgan fingerprint density at radius 2 is 0.449 bits per heavy atom. The summed E-state index contributed by atoms with van der Waals surface area (Å²) in [6.07, 6.45) is 2.83. The molecule has 0 radical (unpaired) electrons. The Kier molecular flexibility index (Phi) is 22.1. The first kappa shape index (κ1) is 51.9. The summed E-state index contributed by atoms with van der Waals surface area (Å²) in [6, 6.07) is 0. The third-order valence-corrected chi connectivity index (χ3v) is 22.7. The van der Waals surface area contributed by atoms with Crippen molar-refractivity contribution < 1.29 is 8.56 Å². The van der Waals surface area contributed by atoms with Gasteiger partial charge in [0, 0.05) is 0 Å². The van der Waals surface area contributed by atoms with Gasteiger partial charge in [-0.05, 0) is 0 Å². The molecular formula is C39H81InO3S6. The summed E-state index contributed by atoms with van der Waals surface area (Å²) in [4.78, 5) is 0. The Balaban J connectivity index is 7.39. The van der Waals surface area contributed by atoms with E-state index in [1.54, 1.807) is 0 Å². The van der Waals surface area contributed by atoms with Gasteiger partial charge in [0.2, 0.25) is 0 Å². The van der Waals surface area contributed by atoms with E-state index >= 15 is 0 Å². The Morgan fingerprint density at radius 1 is 0.306 bits per heavy atom. The molecule has 49 heavy (non-hydrogen) atoms. The van der Waals surface area contributed by atoms with Crippen LogP contribution in [0.2, 0.25) is 0 Å². The Labute approximate surface area is 343 Å². The molecule has 3 nitrogen and oxygen atoms in total. The second-order valence-corrected chi connectivity index (χ2v) is 34.1. The molecule has 10 heteroatoms. The zero-order valence-corrected chi connectivity index (χ0v) is 44.3. The van der Waals surface area contributed by atoms with Crippen molar-refractivity contribution in [2.45, 2.75) is 210 Å². The van der Waals surface area contributed by atoms with Crippen LogP contribution in [0.3, 0.4) is 0 Å². The van der Waals surface area contributed by atoms with Crippen LogP contribution < -0.4 is 0 Å². The normalized spacial score (nSPS) is 14.9. The van der Waals surface area contributed by atoms with E-state index in [1.807, 2.05) is 70.6 Å². The molecule has 0 unspecified atom stereocenters. The van der Waals surface area contributed by atoms with E-state index in [1.165, 1.54) is 0 Å². The maximum absolute atomic E-state index is 7.71. The van der Waals surface area contributed by atoms with Crippen LogP contribution in [-0.2, 0) is 8.56 Å². The predicted octanol–water partition coefficient (Wildman–Crippen LogP) is 13.7. The van der Waals surface area contributed by atoms with Crippen LogP contribution in [-0.4, -0.2) is 103 Å². The quantitative estimate of drug-likeness (QED) is 0.112. The fourth-order valence-electron chi connectivity index (χ4n) is 3.96. The molecule has 0 aliphatic heterocycles. The molecule has 0 aliphatic rings. The van der Waals surface area contributed by atoms with Crippen molar-refractivity contribution >= 4 is 93.3 Å². The van der Waals surface area contributed by atoms with E-state index in [0.717, 1.165) is 53.8 Å². The topological polar surface area (TPSA) is 27.7 Å². The number of thioether (sulfide) groups is 6.